The van der Waals surface area contributed by atoms with Gasteiger partial charge in [-0.1, -0.05) is 26.0 Å². The molecule has 2 aromatic rings. The molecule has 0 aliphatic carbocycles. The maximum absolute atomic E-state index is 13.5. The highest BCUT2D eigenvalue weighted by Gasteiger charge is 2.20. The quantitative estimate of drug-likeness (QED) is 0.302. The monoisotopic (exact) mass is 480 g/mol. The first kappa shape index (κ1) is 26.5. The standard InChI is InChI=1S/C22H29FN4O5S/c1-13(2)20-18(10-9-16(28)11-17(29)12-19(30)26-31)21(14-5-7-15(23)8-6-14)25-22(24-20)27(3)33(4)32/h5-10,13,16-17,28-29,31H,11-12H2,1-4H3,(H,26,30)/b10-9+. The van der Waals surface area contributed by atoms with Crippen LogP contribution in [0.15, 0.2) is 30.3 Å². The van der Waals surface area contributed by atoms with Crippen molar-refractivity contribution in [1.82, 2.24) is 15.4 Å². The summed E-state index contributed by atoms with van der Waals surface area (Å²) in [5, 5.41) is 28.8. The molecule has 180 valence electrons. The van der Waals surface area contributed by atoms with Crippen LogP contribution in [-0.4, -0.2) is 61.0 Å². The van der Waals surface area contributed by atoms with Gasteiger partial charge in [0.05, 0.1) is 30.0 Å². The number of aliphatic hydroxyl groups is 2. The minimum atomic E-state index is -1.37. The summed E-state index contributed by atoms with van der Waals surface area (Å²) in [4.78, 5) is 20.3. The van der Waals surface area contributed by atoms with Crippen molar-refractivity contribution in [3.63, 3.8) is 0 Å². The maximum Gasteiger partial charge on any atom is 0.245 e. The summed E-state index contributed by atoms with van der Waals surface area (Å²) in [7, 11) is 0.235. The van der Waals surface area contributed by atoms with Crippen LogP contribution in [0.25, 0.3) is 17.3 Å². The molecule has 0 radical (unpaired) electrons. The summed E-state index contributed by atoms with van der Waals surface area (Å²) in [6.07, 6.45) is 1.80. The van der Waals surface area contributed by atoms with E-state index < -0.39 is 34.9 Å². The minimum absolute atomic E-state index is 0.0692. The van der Waals surface area contributed by atoms with Gasteiger partial charge in [-0.15, -0.1) is 0 Å². The van der Waals surface area contributed by atoms with Gasteiger partial charge in [-0.05, 0) is 30.2 Å². The van der Waals surface area contributed by atoms with Gasteiger partial charge in [0.1, 0.15) is 16.8 Å². The van der Waals surface area contributed by atoms with Crippen LogP contribution >= 0.6 is 0 Å². The second-order valence-corrected chi connectivity index (χ2v) is 9.20. The molecule has 0 saturated heterocycles. The molecule has 1 aromatic heterocycles. The molecule has 11 heteroatoms. The molecule has 2 rings (SSSR count). The lowest BCUT2D eigenvalue weighted by Gasteiger charge is -2.20. The van der Waals surface area contributed by atoms with Crippen LogP contribution in [-0.2, 0) is 15.8 Å². The predicted molar refractivity (Wildman–Crippen MR) is 124 cm³/mol. The zero-order valence-electron chi connectivity index (χ0n) is 18.9. The van der Waals surface area contributed by atoms with Gasteiger partial charge in [-0.2, -0.15) is 0 Å². The number of anilines is 1. The van der Waals surface area contributed by atoms with Crippen molar-refractivity contribution < 1.29 is 28.8 Å². The minimum Gasteiger partial charge on any atom is -0.392 e. The molecule has 0 bridgehead atoms. The average molecular weight is 481 g/mol. The molecule has 0 aliphatic heterocycles. The zero-order valence-corrected chi connectivity index (χ0v) is 19.7. The van der Waals surface area contributed by atoms with Crippen LogP contribution in [0.3, 0.4) is 0 Å². The predicted octanol–water partition coefficient (Wildman–Crippen LogP) is 2.16. The molecule has 0 fully saturated rings. The summed E-state index contributed by atoms with van der Waals surface area (Å²) in [5.74, 6) is -1.000. The number of aromatic nitrogens is 2. The lowest BCUT2D eigenvalue weighted by molar-refractivity contribution is -0.131. The second kappa shape index (κ2) is 11.9. The topological polar surface area (TPSA) is 136 Å². The van der Waals surface area contributed by atoms with E-state index in [9.17, 15) is 23.6 Å². The normalized spacial score (nSPS) is 14.3. The number of hydroxylamine groups is 1. The smallest absolute Gasteiger partial charge is 0.245 e. The van der Waals surface area contributed by atoms with Crippen molar-refractivity contribution in [1.29, 1.82) is 0 Å². The van der Waals surface area contributed by atoms with E-state index in [4.69, 9.17) is 5.21 Å². The third kappa shape index (κ3) is 7.39. The van der Waals surface area contributed by atoms with Crippen molar-refractivity contribution >= 4 is 28.9 Å². The van der Waals surface area contributed by atoms with Gasteiger partial charge in [0.2, 0.25) is 11.9 Å². The molecule has 1 heterocycles. The Kier molecular flexibility index (Phi) is 9.59. The SMILES string of the molecule is CC(C)c1nc(N(C)S(C)=O)nc(-c2ccc(F)cc2)c1/C=C/C(O)CC(O)CC(=O)NO. The number of rotatable bonds is 10. The Balaban J connectivity index is 2.52. The number of carbonyl (C=O) groups excluding carboxylic acids is 1. The maximum atomic E-state index is 13.5. The van der Waals surface area contributed by atoms with Crippen LogP contribution in [0.4, 0.5) is 10.3 Å². The van der Waals surface area contributed by atoms with Crippen molar-refractivity contribution in [2.24, 2.45) is 0 Å². The second-order valence-electron chi connectivity index (χ2n) is 7.81. The third-order valence-corrected chi connectivity index (χ3v) is 5.77. The molecule has 0 aliphatic rings. The van der Waals surface area contributed by atoms with Crippen LogP contribution in [0.5, 0.6) is 0 Å². The third-order valence-electron chi connectivity index (χ3n) is 4.84. The van der Waals surface area contributed by atoms with Gasteiger partial charge in [-0.3, -0.25) is 14.3 Å². The Bertz CT molecular complexity index is 1020. The summed E-state index contributed by atoms with van der Waals surface area (Å²) in [6, 6.07) is 5.75. The molecule has 1 amide bonds. The van der Waals surface area contributed by atoms with Gasteiger partial charge in [0, 0.05) is 30.9 Å². The summed E-state index contributed by atoms with van der Waals surface area (Å²) < 4.78 is 27.0. The first-order valence-electron chi connectivity index (χ1n) is 10.3. The van der Waals surface area contributed by atoms with Gasteiger partial charge in [0.25, 0.3) is 0 Å². The van der Waals surface area contributed by atoms with Gasteiger partial charge >= 0.3 is 0 Å². The molecular weight excluding hydrogens is 451 g/mol. The summed E-state index contributed by atoms with van der Waals surface area (Å²) in [5.41, 5.74) is 3.70. The molecule has 9 nitrogen and oxygen atoms in total. The van der Waals surface area contributed by atoms with Crippen molar-refractivity contribution in [2.75, 3.05) is 17.6 Å². The van der Waals surface area contributed by atoms with Gasteiger partial charge in [-0.25, -0.2) is 24.0 Å². The van der Waals surface area contributed by atoms with E-state index in [1.807, 2.05) is 13.8 Å². The highest BCUT2D eigenvalue weighted by Crippen LogP contribution is 2.31. The van der Waals surface area contributed by atoms with Crippen molar-refractivity contribution in [3.8, 4) is 11.3 Å². The number of nitrogens with zero attached hydrogens (tertiary/aromatic N) is 3. The Morgan fingerprint density at radius 2 is 1.88 bits per heavy atom. The molecule has 3 atom stereocenters. The van der Waals surface area contributed by atoms with E-state index in [0.717, 1.165) is 0 Å². The molecule has 33 heavy (non-hydrogen) atoms. The van der Waals surface area contributed by atoms with E-state index in [1.54, 1.807) is 25.3 Å². The van der Waals surface area contributed by atoms with E-state index in [-0.39, 0.29) is 24.7 Å². The largest absolute Gasteiger partial charge is 0.392 e. The van der Waals surface area contributed by atoms with Gasteiger partial charge < -0.3 is 10.2 Å². The van der Waals surface area contributed by atoms with Crippen molar-refractivity contribution in [2.45, 2.75) is 44.8 Å². The number of benzene rings is 1. The Morgan fingerprint density at radius 1 is 1.24 bits per heavy atom. The molecule has 3 unspecified atom stereocenters. The molecule has 0 spiro atoms. The van der Waals surface area contributed by atoms with Crippen LogP contribution in [0.1, 0.15) is 43.9 Å². The number of aliphatic hydroxyl groups excluding tert-OH is 2. The van der Waals surface area contributed by atoms with E-state index >= 15 is 0 Å². The van der Waals surface area contributed by atoms with Crippen LogP contribution in [0.2, 0.25) is 0 Å². The molecular formula is C22H29FN4O5S. The number of halogens is 1. The number of hydrogen-bond donors (Lipinski definition) is 4. The molecule has 4 N–H and O–H groups in total. The lowest BCUT2D eigenvalue weighted by atomic mass is 9.97. The Hall–Kier alpha value is -2.73. The number of hydrogen-bond acceptors (Lipinski definition) is 7. The van der Waals surface area contributed by atoms with E-state index in [1.165, 1.54) is 34.2 Å². The average Bonchev–Trinajstić information content (AvgIpc) is 2.76. The van der Waals surface area contributed by atoms with Crippen molar-refractivity contribution in [3.05, 3.63) is 47.4 Å². The Morgan fingerprint density at radius 3 is 2.42 bits per heavy atom. The number of nitrogens with one attached hydrogen (secondary N) is 1. The number of carbonyl (C=O) groups is 1. The zero-order chi connectivity index (χ0) is 24.7. The van der Waals surface area contributed by atoms with Gasteiger partial charge in [0.15, 0.2) is 0 Å². The summed E-state index contributed by atoms with van der Waals surface area (Å²) >= 11 is 0. The summed E-state index contributed by atoms with van der Waals surface area (Å²) in [6.45, 7) is 3.85. The highest BCUT2D eigenvalue weighted by atomic mass is 32.2. The first-order chi connectivity index (χ1) is 15.5. The van der Waals surface area contributed by atoms with Crippen LogP contribution in [0, 0.1) is 5.82 Å². The Labute approximate surface area is 194 Å². The van der Waals surface area contributed by atoms with E-state index in [2.05, 4.69) is 9.97 Å². The fourth-order valence-electron chi connectivity index (χ4n) is 3.07. The van der Waals surface area contributed by atoms with E-state index in [0.29, 0.717) is 22.5 Å². The highest BCUT2D eigenvalue weighted by molar-refractivity contribution is 7.85. The fraction of sp³-hybridized carbons (Fsp3) is 0.409. The molecule has 0 saturated carbocycles. The molecule has 1 aromatic carbocycles. The lowest BCUT2D eigenvalue weighted by Crippen LogP contribution is -2.26. The fourth-order valence-corrected chi connectivity index (χ4v) is 3.38. The number of amides is 1. The first-order valence-corrected chi connectivity index (χ1v) is 11.8. The van der Waals surface area contributed by atoms with Crippen LogP contribution < -0.4 is 9.79 Å².